The van der Waals surface area contributed by atoms with Crippen LogP contribution in [0.25, 0.3) is 120 Å². The Balaban J connectivity index is 1.11. The summed E-state index contributed by atoms with van der Waals surface area (Å²) < 4.78 is 15.9. The Morgan fingerprint density at radius 2 is 0.912 bits per heavy atom. The van der Waals surface area contributed by atoms with E-state index in [1.807, 2.05) is 84.1 Å². The van der Waals surface area contributed by atoms with Gasteiger partial charge >= 0.3 is 0 Å². The molecule has 0 aliphatic carbocycles. The van der Waals surface area contributed by atoms with Gasteiger partial charge in [0.15, 0.2) is 17.5 Å². The van der Waals surface area contributed by atoms with Crippen LogP contribution in [0, 0.1) is 0 Å². The molecule has 0 saturated heterocycles. The number of furan rings is 2. The number of thiophene rings is 1. The van der Waals surface area contributed by atoms with Gasteiger partial charge in [0.1, 0.15) is 22.3 Å². The summed E-state index contributed by atoms with van der Waals surface area (Å²) in [6.07, 6.45) is 0. The second-order valence-electron chi connectivity index (χ2n) is 14.3. The number of fused-ring (bicyclic) bond motifs is 9. The van der Waals surface area contributed by atoms with E-state index in [9.17, 15) is 0 Å². The van der Waals surface area contributed by atoms with E-state index >= 15 is 0 Å². The summed E-state index contributed by atoms with van der Waals surface area (Å²) in [6, 6.07) is 60.9. The van der Waals surface area contributed by atoms with Crippen molar-refractivity contribution < 1.29 is 8.83 Å². The van der Waals surface area contributed by atoms with Crippen molar-refractivity contribution in [3.63, 3.8) is 0 Å². The minimum Gasteiger partial charge on any atom is -0.455 e. The Morgan fingerprint density at radius 1 is 0.333 bits per heavy atom. The second-order valence-corrected chi connectivity index (χ2v) is 15.4. The number of para-hydroxylation sites is 3. The zero-order valence-corrected chi connectivity index (χ0v) is 31.1. The minimum atomic E-state index is 0.540. The summed E-state index contributed by atoms with van der Waals surface area (Å²) >= 11 is 1.83. The molecular weight excluding hydrogens is 719 g/mol. The lowest BCUT2D eigenvalue weighted by atomic mass is 9.93. The zero-order chi connectivity index (χ0) is 37.5. The van der Waals surface area contributed by atoms with E-state index in [2.05, 4.69) is 103 Å². The smallest absolute Gasteiger partial charge is 0.167 e. The molecule has 5 nitrogen and oxygen atoms in total. The first-order valence-corrected chi connectivity index (χ1v) is 19.7. The molecule has 0 bridgehead atoms. The molecule has 0 aliphatic heterocycles. The topological polar surface area (TPSA) is 65.0 Å². The molecule has 0 fully saturated rings. The predicted molar refractivity (Wildman–Crippen MR) is 234 cm³/mol. The fraction of sp³-hybridized carbons (Fsp3) is 0. The minimum absolute atomic E-state index is 0.540. The summed E-state index contributed by atoms with van der Waals surface area (Å²) in [5.41, 5.74) is 10.3. The SMILES string of the molecule is c1ccc(-c2cc(-c3cccc4c3oc3cccc(-c5nc(-c6ccccc6)nc(-c6cccc7c6oc6ccccc67)n5)c34)c3c(c2)sc2ccccc23)cc1. The summed E-state index contributed by atoms with van der Waals surface area (Å²) in [4.78, 5) is 15.5. The number of hydrogen-bond donors (Lipinski definition) is 0. The van der Waals surface area contributed by atoms with Gasteiger partial charge in [0.2, 0.25) is 0 Å². The number of rotatable bonds is 5. The van der Waals surface area contributed by atoms with Gasteiger partial charge in [0.05, 0.1) is 5.56 Å². The highest BCUT2D eigenvalue weighted by atomic mass is 32.1. The van der Waals surface area contributed by atoms with Gasteiger partial charge in [-0.2, -0.15) is 0 Å². The maximum absolute atomic E-state index is 6.92. The number of aromatic nitrogens is 3. The summed E-state index contributed by atoms with van der Waals surface area (Å²) in [5.74, 6) is 1.68. The molecule has 0 saturated carbocycles. The van der Waals surface area contributed by atoms with Gasteiger partial charge < -0.3 is 8.83 Å². The molecule has 4 heterocycles. The van der Waals surface area contributed by atoms with Crippen molar-refractivity contribution in [1.29, 1.82) is 0 Å². The number of nitrogens with zero attached hydrogens (tertiary/aromatic N) is 3. The second kappa shape index (κ2) is 12.6. The van der Waals surface area contributed by atoms with Crippen molar-refractivity contribution in [2.75, 3.05) is 0 Å². The van der Waals surface area contributed by atoms with Crippen molar-refractivity contribution in [3.8, 4) is 56.4 Å². The third-order valence-electron chi connectivity index (χ3n) is 11.0. The maximum atomic E-state index is 6.92. The van der Waals surface area contributed by atoms with Gasteiger partial charge in [-0.1, -0.05) is 140 Å². The molecule has 0 amide bonds. The van der Waals surface area contributed by atoms with Crippen LogP contribution >= 0.6 is 11.3 Å². The Bertz CT molecular complexity index is 3530. The summed E-state index contributed by atoms with van der Waals surface area (Å²) in [5, 5.41) is 6.51. The predicted octanol–water partition coefficient (Wildman–Crippen LogP) is 14.4. The van der Waals surface area contributed by atoms with E-state index in [1.54, 1.807) is 0 Å². The molecular formula is C51H29N3O2S. The first-order chi connectivity index (χ1) is 28.2. The van der Waals surface area contributed by atoms with Crippen LogP contribution in [-0.4, -0.2) is 15.0 Å². The Hall–Kier alpha value is -7.41. The Kier molecular flexibility index (Phi) is 7.03. The van der Waals surface area contributed by atoms with Gasteiger partial charge in [0, 0.05) is 58.4 Å². The first-order valence-electron chi connectivity index (χ1n) is 18.9. The molecule has 12 aromatic rings. The molecule has 0 radical (unpaired) electrons. The van der Waals surface area contributed by atoms with Crippen molar-refractivity contribution in [2.45, 2.75) is 0 Å². The monoisotopic (exact) mass is 747 g/mol. The van der Waals surface area contributed by atoms with Gasteiger partial charge in [-0.3, -0.25) is 0 Å². The quantitative estimate of drug-likeness (QED) is 0.175. The molecule has 0 aliphatic rings. The lowest BCUT2D eigenvalue weighted by Crippen LogP contribution is -2.00. The van der Waals surface area contributed by atoms with E-state index in [0.29, 0.717) is 17.5 Å². The average molecular weight is 748 g/mol. The van der Waals surface area contributed by atoms with Crippen molar-refractivity contribution >= 4 is 75.4 Å². The fourth-order valence-electron chi connectivity index (χ4n) is 8.37. The highest BCUT2D eigenvalue weighted by Crippen LogP contribution is 2.47. The van der Waals surface area contributed by atoms with Gasteiger partial charge in [0.25, 0.3) is 0 Å². The van der Waals surface area contributed by atoms with Crippen LogP contribution in [0.5, 0.6) is 0 Å². The largest absolute Gasteiger partial charge is 0.455 e. The summed E-state index contributed by atoms with van der Waals surface area (Å²) in [6.45, 7) is 0. The van der Waals surface area contributed by atoms with Crippen LogP contribution in [0.2, 0.25) is 0 Å². The Morgan fingerprint density at radius 3 is 1.75 bits per heavy atom. The maximum Gasteiger partial charge on any atom is 0.167 e. The molecule has 4 aromatic heterocycles. The molecule has 57 heavy (non-hydrogen) atoms. The highest BCUT2D eigenvalue weighted by molar-refractivity contribution is 7.26. The molecule has 0 N–H and O–H groups in total. The van der Waals surface area contributed by atoms with E-state index in [1.165, 1.54) is 31.3 Å². The standard InChI is InChI=1S/C51H29N3O2S/c1-3-14-30(15-4-1)32-28-40(46-36-19-8-10-27-43(36)57-44(46)29-32)35-21-11-22-37-45-38(23-13-26-42(45)56-47(35)37)50-52-49(31-16-5-2-6-17-31)53-51(54-50)39-24-12-20-34-33-18-7-9-25-41(33)55-48(34)39/h1-29H. The van der Waals surface area contributed by atoms with E-state index in [4.69, 9.17) is 23.8 Å². The Labute approximate surface area is 330 Å². The number of hydrogen-bond acceptors (Lipinski definition) is 6. The van der Waals surface area contributed by atoms with Crippen molar-refractivity contribution in [2.24, 2.45) is 0 Å². The van der Waals surface area contributed by atoms with Gasteiger partial charge in [-0.15, -0.1) is 11.3 Å². The lowest BCUT2D eigenvalue weighted by Gasteiger charge is -2.10. The van der Waals surface area contributed by atoms with Gasteiger partial charge in [-0.05, 0) is 53.1 Å². The van der Waals surface area contributed by atoms with Crippen molar-refractivity contribution in [1.82, 2.24) is 15.0 Å². The molecule has 266 valence electrons. The van der Waals surface area contributed by atoms with E-state index in [-0.39, 0.29) is 0 Å². The van der Waals surface area contributed by atoms with Gasteiger partial charge in [-0.25, -0.2) is 15.0 Å². The molecule has 0 unspecified atom stereocenters. The first kappa shape index (κ1) is 31.9. The third kappa shape index (κ3) is 5.04. The molecule has 8 aromatic carbocycles. The highest BCUT2D eigenvalue weighted by Gasteiger charge is 2.23. The van der Waals surface area contributed by atoms with Crippen LogP contribution in [0.1, 0.15) is 0 Å². The van der Waals surface area contributed by atoms with Crippen molar-refractivity contribution in [3.05, 3.63) is 176 Å². The normalized spacial score (nSPS) is 11.9. The summed E-state index contributed by atoms with van der Waals surface area (Å²) in [7, 11) is 0. The lowest BCUT2D eigenvalue weighted by molar-refractivity contribution is 0.669. The fourth-order valence-corrected chi connectivity index (χ4v) is 9.54. The molecule has 0 atom stereocenters. The van der Waals surface area contributed by atoms with E-state index < -0.39 is 0 Å². The van der Waals surface area contributed by atoms with Crippen LogP contribution in [-0.2, 0) is 0 Å². The van der Waals surface area contributed by atoms with Crippen LogP contribution < -0.4 is 0 Å². The zero-order valence-electron chi connectivity index (χ0n) is 30.3. The molecule has 0 spiro atoms. The third-order valence-corrected chi connectivity index (χ3v) is 12.1. The van der Waals surface area contributed by atoms with E-state index in [0.717, 1.165) is 71.7 Å². The molecule has 12 rings (SSSR count). The van der Waals surface area contributed by atoms with Crippen LogP contribution in [0.15, 0.2) is 185 Å². The van der Waals surface area contributed by atoms with Crippen LogP contribution in [0.4, 0.5) is 0 Å². The van der Waals surface area contributed by atoms with Crippen LogP contribution in [0.3, 0.4) is 0 Å². The molecule has 6 heteroatoms. The number of benzene rings is 8. The average Bonchev–Trinajstić information content (AvgIpc) is 3.98.